The van der Waals surface area contributed by atoms with Gasteiger partial charge in [0.05, 0.1) is 21.9 Å². The van der Waals surface area contributed by atoms with E-state index in [0.717, 1.165) is 12.8 Å². The Kier molecular flexibility index (Phi) is 3.26. The van der Waals surface area contributed by atoms with Gasteiger partial charge in [-0.2, -0.15) is 0 Å². The number of carbonyl (C=O) groups is 2. The second-order valence-corrected chi connectivity index (χ2v) is 7.49. The van der Waals surface area contributed by atoms with Crippen molar-refractivity contribution < 1.29 is 14.7 Å². The van der Waals surface area contributed by atoms with Crippen molar-refractivity contribution in [3.05, 3.63) is 40.4 Å². The summed E-state index contributed by atoms with van der Waals surface area (Å²) in [5.74, 6) is -2.30. The smallest absolute Gasteiger partial charge is 0.307 e. The van der Waals surface area contributed by atoms with E-state index in [9.17, 15) is 14.7 Å². The Balaban J connectivity index is 1.61. The number of carboxylic acid groups (broad SMARTS) is 1. The monoisotopic (exact) mass is 351 g/mol. The van der Waals surface area contributed by atoms with Crippen molar-refractivity contribution in [2.24, 2.45) is 29.1 Å². The molecule has 0 radical (unpaired) electrons. The van der Waals surface area contributed by atoms with E-state index in [0.29, 0.717) is 15.7 Å². The van der Waals surface area contributed by atoms with Gasteiger partial charge in [0.15, 0.2) is 0 Å². The number of rotatable bonds is 3. The van der Waals surface area contributed by atoms with Gasteiger partial charge in [0.2, 0.25) is 5.91 Å². The van der Waals surface area contributed by atoms with Gasteiger partial charge in [0.1, 0.15) is 0 Å². The molecule has 2 saturated carbocycles. The molecule has 23 heavy (non-hydrogen) atoms. The summed E-state index contributed by atoms with van der Waals surface area (Å²) in [6.07, 6.45) is 6.06. The number of carbonyl (C=O) groups excluding carboxylic acids is 1. The molecule has 6 heteroatoms. The van der Waals surface area contributed by atoms with Gasteiger partial charge in [-0.15, -0.1) is 0 Å². The molecule has 3 aliphatic rings. The highest BCUT2D eigenvalue weighted by atomic mass is 35.5. The van der Waals surface area contributed by atoms with E-state index in [4.69, 9.17) is 23.2 Å². The molecule has 1 aromatic rings. The van der Waals surface area contributed by atoms with Crippen LogP contribution in [-0.4, -0.2) is 17.0 Å². The summed E-state index contributed by atoms with van der Waals surface area (Å²) < 4.78 is 0. The summed E-state index contributed by atoms with van der Waals surface area (Å²) in [6.45, 7) is 0. The van der Waals surface area contributed by atoms with Crippen LogP contribution >= 0.6 is 23.2 Å². The number of hydrogen-bond donors (Lipinski definition) is 2. The van der Waals surface area contributed by atoms with Crippen LogP contribution in [0, 0.1) is 29.1 Å². The molecule has 4 nitrogen and oxygen atoms in total. The molecular weight excluding hydrogens is 337 g/mol. The Labute approximate surface area is 143 Å². The maximum absolute atomic E-state index is 12.7. The Morgan fingerprint density at radius 1 is 1.09 bits per heavy atom. The van der Waals surface area contributed by atoms with Crippen molar-refractivity contribution >= 4 is 40.8 Å². The van der Waals surface area contributed by atoms with Crippen LogP contribution in [0.2, 0.25) is 10.0 Å². The highest BCUT2D eigenvalue weighted by molar-refractivity contribution is 6.42. The first-order valence-electron chi connectivity index (χ1n) is 7.61. The lowest BCUT2D eigenvalue weighted by atomic mass is 9.82. The van der Waals surface area contributed by atoms with Gasteiger partial charge in [0, 0.05) is 5.69 Å². The van der Waals surface area contributed by atoms with Crippen LogP contribution in [0.4, 0.5) is 5.69 Å². The average Bonchev–Trinajstić information content (AvgIpc) is 3.16. The Morgan fingerprint density at radius 2 is 1.74 bits per heavy atom. The summed E-state index contributed by atoms with van der Waals surface area (Å²) in [5.41, 5.74) is 0.549. The number of anilines is 1. The lowest BCUT2D eigenvalue weighted by Crippen LogP contribution is -2.36. The van der Waals surface area contributed by atoms with Gasteiger partial charge in [-0.25, -0.2) is 0 Å². The van der Waals surface area contributed by atoms with Crippen LogP contribution in [0.3, 0.4) is 0 Å². The second kappa shape index (κ2) is 4.99. The van der Waals surface area contributed by atoms with Crippen LogP contribution < -0.4 is 5.32 Å². The number of amides is 1. The minimum atomic E-state index is -0.887. The van der Waals surface area contributed by atoms with E-state index >= 15 is 0 Å². The fourth-order valence-corrected chi connectivity index (χ4v) is 4.79. The zero-order valence-corrected chi connectivity index (χ0v) is 13.6. The summed E-state index contributed by atoms with van der Waals surface area (Å²) >= 11 is 11.8. The highest BCUT2D eigenvalue weighted by Crippen LogP contribution is 2.72. The quantitative estimate of drug-likeness (QED) is 0.813. The van der Waals surface area contributed by atoms with Crippen molar-refractivity contribution in [3.63, 3.8) is 0 Å². The lowest BCUT2D eigenvalue weighted by Gasteiger charge is -2.23. The molecule has 4 rings (SSSR count). The number of benzene rings is 1. The molecule has 0 aromatic heterocycles. The van der Waals surface area contributed by atoms with E-state index in [1.807, 2.05) is 12.2 Å². The normalized spacial score (nSPS) is 32.3. The molecule has 4 atom stereocenters. The number of allylic oxidation sites excluding steroid dienone is 2. The SMILES string of the molecule is O=C(O)[C@@H]1[C@@H](C(=O)Nc2ccc(Cl)c(Cl)c2)[C@H]2C=C[C@H]1C21CC1. The molecular formula is C17H15Cl2NO3. The van der Waals surface area contributed by atoms with Gasteiger partial charge in [-0.3, -0.25) is 9.59 Å². The molecule has 1 amide bonds. The zero-order chi connectivity index (χ0) is 16.4. The minimum absolute atomic E-state index is 0.0166. The van der Waals surface area contributed by atoms with Gasteiger partial charge in [-0.1, -0.05) is 35.4 Å². The number of halogens is 2. The van der Waals surface area contributed by atoms with Crippen LogP contribution in [0.1, 0.15) is 12.8 Å². The Bertz CT molecular complexity index is 741. The molecule has 2 fully saturated rings. The van der Waals surface area contributed by atoms with Crippen LogP contribution in [-0.2, 0) is 9.59 Å². The maximum atomic E-state index is 12.7. The Morgan fingerprint density at radius 3 is 2.30 bits per heavy atom. The largest absolute Gasteiger partial charge is 0.481 e. The molecule has 1 aromatic carbocycles. The summed E-state index contributed by atoms with van der Waals surface area (Å²) in [6, 6.07) is 4.85. The molecule has 3 aliphatic carbocycles. The topological polar surface area (TPSA) is 66.4 Å². The van der Waals surface area contributed by atoms with Crippen molar-refractivity contribution in [2.75, 3.05) is 5.32 Å². The molecule has 2 N–H and O–H groups in total. The molecule has 0 heterocycles. The number of carboxylic acids is 1. The lowest BCUT2D eigenvalue weighted by molar-refractivity contribution is -0.146. The van der Waals surface area contributed by atoms with Gasteiger partial charge < -0.3 is 10.4 Å². The third-order valence-corrected chi connectivity index (χ3v) is 6.36. The molecule has 0 aliphatic heterocycles. The number of aliphatic carboxylic acids is 1. The van der Waals surface area contributed by atoms with Gasteiger partial charge in [-0.05, 0) is 48.3 Å². The van der Waals surface area contributed by atoms with Crippen LogP contribution in [0.15, 0.2) is 30.4 Å². The first-order chi connectivity index (χ1) is 10.9. The number of nitrogens with one attached hydrogen (secondary N) is 1. The van der Waals surface area contributed by atoms with E-state index in [1.54, 1.807) is 18.2 Å². The molecule has 0 unspecified atom stereocenters. The standard InChI is InChI=1S/C17H15Cl2NO3/c18-11-4-1-8(7-12(11)19)20-15(21)13-9-2-3-10(14(13)16(22)23)17(9)5-6-17/h1-4,7,9-10,13-14H,5-6H2,(H,20,21)(H,22,23)/t9-,10-,13+,14+/m1/s1. The number of hydrogen-bond acceptors (Lipinski definition) is 2. The molecule has 2 bridgehead atoms. The summed E-state index contributed by atoms with van der Waals surface area (Å²) in [4.78, 5) is 24.5. The van der Waals surface area contributed by atoms with Crippen molar-refractivity contribution in [2.45, 2.75) is 12.8 Å². The Hall–Kier alpha value is -1.52. The first kappa shape index (κ1) is 15.0. The zero-order valence-electron chi connectivity index (χ0n) is 12.1. The maximum Gasteiger partial charge on any atom is 0.307 e. The summed E-state index contributed by atoms with van der Waals surface area (Å²) in [7, 11) is 0. The molecule has 1 spiro atoms. The molecule has 120 valence electrons. The first-order valence-corrected chi connectivity index (χ1v) is 8.37. The highest BCUT2D eigenvalue weighted by Gasteiger charge is 2.70. The summed E-state index contributed by atoms with van der Waals surface area (Å²) in [5, 5.41) is 13.2. The predicted molar refractivity (Wildman–Crippen MR) is 87.5 cm³/mol. The third kappa shape index (κ3) is 2.12. The van der Waals surface area contributed by atoms with Crippen molar-refractivity contribution in [1.29, 1.82) is 0 Å². The van der Waals surface area contributed by atoms with Gasteiger partial charge >= 0.3 is 5.97 Å². The van der Waals surface area contributed by atoms with E-state index < -0.39 is 17.8 Å². The second-order valence-electron chi connectivity index (χ2n) is 6.68. The third-order valence-electron chi connectivity index (χ3n) is 5.62. The van der Waals surface area contributed by atoms with E-state index in [-0.39, 0.29) is 23.2 Å². The van der Waals surface area contributed by atoms with Crippen molar-refractivity contribution in [1.82, 2.24) is 0 Å². The average molecular weight is 352 g/mol. The van der Waals surface area contributed by atoms with Crippen LogP contribution in [0.25, 0.3) is 0 Å². The van der Waals surface area contributed by atoms with E-state index in [2.05, 4.69) is 5.32 Å². The fourth-order valence-electron chi connectivity index (χ4n) is 4.49. The fraction of sp³-hybridized carbons (Fsp3) is 0.412. The van der Waals surface area contributed by atoms with Crippen molar-refractivity contribution in [3.8, 4) is 0 Å². The molecule has 0 saturated heterocycles. The predicted octanol–water partition coefficient (Wildman–Crippen LogP) is 3.84. The van der Waals surface area contributed by atoms with Crippen LogP contribution in [0.5, 0.6) is 0 Å². The van der Waals surface area contributed by atoms with Gasteiger partial charge in [0.25, 0.3) is 0 Å². The minimum Gasteiger partial charge on any atom is -0.481 e. The van der Waals surface area contributed by atoms with E-state index in [1.165, 1.54) is 0 Å².